The van der Waals surface area contributed by atoms with Gasteiger partial charge < -0.3 is 19.6 Å². The van der Waals surface area contributed by atoms with Crippen molar-refractivity contribution in [3.63, 3.8) is 0 Å². The van der Waals surface area contributed by atoms with Crippen molar-refractivity contribution in [2.24, 2.45) is 11.8 Å². The van der Waals surface area contributed by atoms with Gasteiger partial charge in [-0.3, -0.25) is 9.59 Å². The van der Waals surface area contributed by atoms with Crippen molar-refractivity contribution < 1.29 is 29.0 Å². The molecule has 0 bridgehead atoms. The maximum absolute atomic E-state index is 12.9. The Balaban J connectivity index is 0.000000425. The molecule has 13 nitrogen and oxygen atoms in total. The standard InChI is InChI=1S/C25H30N2O3.C24H29N5O3.I2.HI/c1-5-6-11-23(28)27(24(18(2)3)25(29)30-4)17-19-12-14-20(15-13-19)22-10-8-7-9-21(22)16-26;1-4-5-10-21(30)29(22(16(2)3)24(31)32)15-17-11-13-18(14-12-17)19-8-6-7-9-20(19)23-25-27-28-26-23;1-2;/h7-10,12-15,18,24H,5-6,11,17H2,1-4H3;6-9,11-14,16,22H,4-5,10,15H2,1-3H3,(H,31,32)(H,25,26,27,28);;1H/t24-;22-;;/m00../s1. The van der Waals surface area contributed by atoms with E-state index >= 15 is 0 Å². The van der Waals surface area contributed by atoms with Crippen molar-refractivity contribution in [3.8, 4) is 39.7 Å². The predicted octanol–water partition coefficient (Wildman–Crippen LogP) is 11.5. The number of H-pyrrole nitrogens is 1. The van der Waals surface area contributed by atoms with Gasteiger partial charge in [-0.15, -0.1) is 34.2 Å². The molecule has 2 N–H and O–H groups in total. The van der Waals surface area contributed by atoms with Gasteiger partial charge in [0, 0.05) is 68.7 Å². The molecule has 0 radical (unpaired) electrons. The number of aromatic nitrogens is 4. The second-order valence-corrected chi connectivity index (χ2v) is 15.8. The first-order valence-electron chi connectivity index (χ1n) is 21.4. The lowest BCUT2D eigenvalue weighted by Crippen LogP contribution is -2.48. The van der Waals surface area contributed by atoms with Crippen LogP contribution in [-0.4, -0.2) is 78.5 Å². The van der Waals surface area contributed by atoms with Gasteiger partial charge in [0.05, 0.1) is 18.7 Å². The molecule has 0 saturated carbocycles. The van der Waals surface area contributed by atoms with Crippen LogP contribution in [0.3, 0.4) is 0 Å². The van der Waals surface area contributed by atoms with E-state index in [0.29, 0.717) is 30.8 Å². The molecule has 0 fully saturated rings. The van der Waals surface area contributed by atoms with Gasteiger partial charge in [-0.25, -0.2) is 9.59 Å². The number of aliphatic carboxylic acids is 1. The van der Waals surface area contributed by atoms with Gasteiger partial charge in [0.15, 0.2) is 0 Å². The van der Waals surface area contributed by atoms with Crippen molar-refractivity contribution >= 4 is 85.0 Å². The summed E-state index contributed by atoms with van der Waals surface area (Å²) in [5.74, 6) is -1.29. The summed E-state index contributed by atoms with van der Waals surface area (Å²) in [5.41, 5.74) is 7.02. The highest BCUT2D eigenvalue weighted by molar-refractivity contribution is 15.0. The minimum absolute atomic E-state index is 0. The molecule has 0 aliphatic rings. The number of rotatable bonds is 19. The fourth-order valence-corrected chi connectivity index (χ4v) is 7.30. The molecule has 1 aromatic heterocycles. The quantitative estimate of drug-likeness (QED) is 0.0596. The monoisotopic (exact) mass is 1220 g/mol. The van der Waals surface area contributed by atoms with Crippen LogP contribution in [0.1, 0.15) is 96.8 Å². The number of esters is 1. The molecule has 0 unspecified atom stereocenters. The molecule has 2 amide bonds. The summed E-state index contributed by atoms with van der Waals surface area (Å²) >= 11 is 4.24. The van der Waals surface area contributed by atoms with E-state index in [-0.39, 0.29) is 54.2 Å². The zero-order valence-corrected chi connectivity index (χ0v) is 44.7. The summed E-state index contributed by atoms with van der Waals surface area (Å²) in [4.78, 5) is 53.3. The Morgan fingerprint density at radius 1 is 0.708 bits per heavy atom. The summed E-state index contributed by atoms with van der Waals surface area (Å²) in [5, 5.41) is 33.4. The number of unbranched alkanes of at least 4 members (excludes halogenated alkanes) is 2. The molecule has 1 heterocycles. The minimum atomic E-state index is -0.976. The number of nitrogens with zero attached hydrogens (tertiary/aromatic N) is 6. The van der Waals surface area contributed by atoms with Gasteiger partial charge in [0.1, 0.15) is 12.1 Å². The lowest BCUT2D eigenvalue weighted by molar-refractivity contribution is -0.155. The number of carboxylic acid groups (broad SMARTS) is 1. The number of nitrogens with one attached hydrogen (secondary N) is 1. The number of methoxy groups -OCH3 is 1. The van der Waals surface area contributed by atoms with Gasteiger partial charge in [-0.05, 0) is 69.3 Å². The molecule has 0 spiro atoms. The number of ether oxygens (including phenoxy) is 1. The second kappa shape index (κ2) is 29.9. The number of carbonyl (C=O) groups is 4. The number of amides is 2. The molecule has 348 valence electrons. The van der Waals surface area contributed by atoms with E-state index in [1.54, 1.807) is 11.0 Å². The molecule has 0 aliphatic carbocycles. The van der Waals surface area contributed by atoms with Crippen LogP contribution >= 0.6 is 61.2 Å². The van der Waals surface area contributed by atoms with Gasteiger partial charge >= 0.3 is 11.9 Å². The third-order valence-corrected chi connectivity index (χ3v) is 10.6. The van der Waals surface area contributed by atoms with Gasteiger partial charge in [-0.2, -0.15) is 10.5 Å². The minimum Gasteiger partial charge on any atom is -0.480 e. The first-order chi connectivity index (χ1) is 30.8. The predicted molar refractivity (Wildman–Crippen MR) is 282 cm³/mol. The zero-order chi connectivity index (χ0) is 47.2. The lowest BCUT2D eigenvalue weighted by Gasteiger charge is -2.32. The first kappa shape index (κ1) is 56.6. The largest absolute Gasteiger partial charge is 0.480 e. The number of carboxylic acids is 1. The summed E-state index contributed by atoms with van der Waals surface area (Å²) in [7, 11) is 1.36. The Labute approximate surface area is 423 Å². The van der Waals surface area contributed by atoms with E-state index in [9.17, 15) is 29.5 Å². The van der Waals surface area contributed by atoms with E-state index < -0.39 is 24.0 Å². The van der Waals surface area contributed by atoms with Crippen LogP contribution in [0.5, 0.6) is 0 Å². The van der Waals surface area contributed by atoms with E-state index in [2.05, 4.69) is 63.9 Å². The molecule has 0 saturated heterocycles. The molecule has 5 rings (SSSR count). The molecule has 0 aliphatic heterocycles. The van der Waals surface area contributed by atoms with Crippen molar-refractivity contribution in [1.82, 2.24) is 30.4 Å². The van der Waals surface area contributed by atoms with E-state index in [1.807, 2.05) is 133 Å². The first-order valence-corrected chi connectivity index (χ1v) is 27.7. The fourth-order valence-electron chi connectivity index (χ4n) is 7.30. The number of nitriles is 1. The molecule has 5 aromatic rings. The summed E-state index contributed by atoms with van der Waals surface area (Å²) in [6.45, 7) is 12.1. The number of hydrogen-bond acceptors (Lipinski definition) is 9. The molecular weight excluding hydrogens is 1160 g/mol. The number of benzene rings is 4. The van der Waals surface area contributed by atoms with Gasteiger partial charge in [0.25, 0.3) is 0 Å². The number of aromatic amines is 1. The molecular formula is C49H60I3N7O6. The molecule has 16 heteroatoms. The lowest BCUT2D eigenvalue weighted by atomic mass is 9.97. The highest BCUT2D eigenvalue weighted by Crippen LogP contribution is 2.31. The van der Waals surface area contributed by atoms with Crippen LogP contribution in [0, 0.1) is 23.2 Å². The summed E-state index contributed by atoms with van der Waals surface area (Å²) < 4.78 is 4.99. The SMILES string of the molecule is CCCCC(=O)N(Cc1ccc(-c2ccccc2-c2nn[nH]n2)cc1)[C@H](C(=O)O)C(C)C.CCCCC(=O)N(Cc1ccc(-c2ccccc2C#N)cc1)[C@H](C(=O)OC)C(C)C.I.II. The fraction of sp³-hybridized carbons (Fsp3) is 0.388. The van der Waals surface area contributed by atoms with Crippen LogP contribution in [0.4, 0.5) is 0 Å². The number of carbonyl (C=O) groups excluding carboxylic acids is 3. The maximum atomic E-state index is 12.9. The van der Waals surface area contributed by atoms with Crippen LogP contribution in [-0.2, 0) is 37.0 Å². The van der Waals surface area contributed by atoms with E-state index in [1.165, 1.54) is 12.0 Å². The number of halogens is 3. The number of tetrazole rings is 1. The van der Waals surface area contributed by atoms with Crippen molar-refractivity contribution in [2.45, 2.75) is 105 Å². The highest BCUT2D eigenvalue weighted by atomic mass is 128. The Morgan fingerprint density at radius 2 is 1.15 bits per heavy atom. The van der Waals surface area contributed by atoms with E-state index in [0.717, 1.165) is 64.6 Å². The van der Waals surface area contributed by atoms with Crippen molar-refractivity contribution in [2.75, 3.05) is 7.11 Å². The highest BCUT2D eigenvalue weighted by Gasteiger charge is 2.34. The summed E-state index contributed by atoms with van der Waals surface area (Å²) in [6, 6.07) is 31.5. The third kappa shape index (κ3) is 16.7. The summed E-state index contributed by atoms with van der Waals surface area (Å²) in [6.07, 6.45) is 4.08. The van der Waals surface area contributed by atoms with Crippen molar-refractivity contribution in [1.29, 1.82) is 5.26 Å². The zero-order valence-electron chi connectivity index (χ0n) is 38.0. The number of hydrogen-bond donors (Lipinski definition) is 2. The second-order valence-electron chi connectivity index (χ2n) is 15.8. The Kier molecular flexibility index (Phi) is 26.1. The van der Waals surface area contributed by atoms with E-state index in [4.69, 9.17) is 4.74 Å². The van der Waals surface area contributed by atoms with Crippen LogP contribution in [0.25, 0.3) is 33.6 Å². The molecule has 65 heavy (non-hydrogen) atoms. The van der Waals surface area contributed by atoms with Gasteiger partial charge in [-0.1, -0.05) is 145 Å². The van der Waals surface area contributed by atoms with Crippen LogP contribution < -0.4 is 0 Å². The Morgan fingerprint density at radius 3 is 1.57 bits per heavy atom. The molecule has 2 atom stereocenters. The Bertz CT molecular complexity index is 2270. The normalized spacial score (nSPS) is 11.4. The van der Waals surface area contributed by atoms with Crippen LogP contribution in [0.15, 0.2) is 97.1 Å². The maximum Gasteiger partial charge on any atom is 0.328 e. The van der Waals surface area contributed by atoms with Gasteiger partial charge in [0.2, 0.25) is 17.6 Å². The average molecular weight is 1220 g/mol. The molecule has 4 aromatic carbocycles. The smallest absolute Gasteiger partial charge is 0.328 e. The Hall–Kier alpha value is -4.49. The topological polar surface area (TPSA) is 182 Å². The van der Waals surface area contributed by atoms with Crippen LogP contribution in [0.2, 0.25) is 0 Å². The average Bonchev–Trinajstić information content (AvgIpc) is 3.86. The van der Waals surface area contributed by atoms with Crippen molar-refractivity contribution in [3.05, 3.63) is 114 Å². The third-order valence-electron chi connectivity index (χ3n) is 10.6.